The largest absolute Gasteiger partial charge is 0.508 e. The van der Waals surface area contributed by atoms with Crippen molar-refractivity contribution in [2.45, 2.75) is 31.4 Å². The van der Waals surface area contributed by atoms with E-state index in [-0.39, 0.29) is 23.3 Å². The number of nitrogens with two attached hydrogens (primary N) is 1. The number of nitrogens with zero attached hydrogens (tertiary/aromatic N) is 1. The molecule has 0 heterocycles. The predicted molar refractivity (Wildman–Crippen MR) is 109 cm³/mol. The summed E-state index contributed by atoms with van der Waals surface area (Å²) in [6.45, 7) is 1.65. The lowest BCUT2D eigenvalue weighted by atomic mass is 9.57. The minimum Gasteiger partial charge on any atom is -0.508 e. The van der Waals surface area contributed by atoms with E-state index in [4.69, 9.17) is 5.73 Å². The van der Waals surface area contributed by atoms with E-state index in [0.717, 1.165) is 0 Å². The summed E-state index contributed by atoms with van der Waals surface area (Å²) >= 11 is 0. The predicted octanol–water partition coefficient (Wildman–Crippen LogP) is 0.272. The van der Waals surface area contributed by atoms with Crippen molar-refractivity contribution in [1.82, 2.24) is 4.90 Å². The number of ketones is 2. The molecule has 1 fully saturated rings. The molecule has 6 N–H and O–H groups in total. The van der Waals surface area contributed by atoms with E-state index in [2.05, 4.69) is 0 Å². The Labute approximate surface area is 178 Å². The topological polar surface area (TPSA) is 161 Å². The van der Waals surface area contributed by atoms with Crippen LogP contribution in [0.4, 0.5) is 0 Å². The number of amides is 1. The van der Waals surface area contributed by atoms with Crippen LogP contribution in [0.25, 0.3) is 5.76 Å². The number of carbonyl (C=O) groups excluding carboxylic acids is 3. The number of hydrogen-bond donors (Lipinski definition) is 5. The van der Waals surface area contributed by atoms with Crippen molar-refractivity contribution >= 4 is 23.2 Å². The monoisotopic (exact) mass is 428 g/mol. The summed E-state index contributed by atoms with van der Waals surface area (Å²) in [4.78, 5) is 39.9. The highest BCUT2D eigenvalue weighted by atomic mass is 16.3. The van der Waals surface area contributed by atoms with Crippen molar-refractivity contribution in [2.75, 3.05) is 14.1 Å². The molecular formula is C22H24N2O7. The lowest BCUT2D eigenvalue weighted by Gasteiger charge is -2.50. The van der Waals surface area contributed by atoms with Crippen LogP contribution in [0.5, 0.6) is 5.75 Å². The smallest absolute Gasteiger partial charge is 0.255 e. The molecule has 0 aromatic heterocycles. The molecule has 4 atom stereocenters. The average molecular weight is 428 g/mol. The summed E-state index contributed by atoms with van der Waals surface area (Å²) in [6.07, 6.45) is 0.378. The van der Waals surface area contributed by atoms with Crippen LogP contribution in [0.3, 0.4) is 0 Å². The van der Waals surface area contributed by atoms with Gasteiger partial charge in [0.05, 0.1) is 11.6 Å². The minimum atomic E-state index is -2.61. The maximum absolute atomic E-state index is 13.6. The van der Waals surface area contributed by atoms with Gasteiger partial charge in [-0.2, -0.15) is 0 Å². The zero-order valence-electron chi connectivity index (χ0n) is 17.3. The Morgan fingerprint density at radius 1 is 1.19 bits per heavy atom. The van der Waals surface area contributed by atoms with Gasteiger partial charge in [-0.05, 0) is 50.9 Å². The summed E-state index contributed by atoms with van der Waals surface area (Å²) in [5, 5.41) is 43.6. The van der Waals surface area contributed by atoms with Gasteiger partial charge in [0.25, 0.3) is 5.91 Å². The molecule has 0 saturated heterocycles. The first-order valence-corrected chi connectivity index (χ1v) is 9.89. The van der Waals surface area contributed by atoms with E-state index >= 15 is 0 Å². The maximum atomic E-state index is 13.6. The number of primary amides is 1. The number of Topliss-reactive ketones (excluding diaryl/α,β-unsaturated/α-hetero) is 2. The average Bonchev–Trinajstić information content (AvgIpc) is 2.67. The zero-order valence-corrected chi connectivity index (χ0v) is 17.3. The Morgan fingerprint density at radius 3 is 2.42 bits per heavy atom. The number of phenols is 1. The van der Waals surface area contributed by atoms with Gasteiger partial charge in [0.2, 0.25) is 5.78 Å². The number of fused-ring (bicyclic) bond motifs is 3. The van der Waals surface area contributed by atoms with Gasteiger partial charge in [-0.15, -0.1) is 0 Å². The van der Waals surface area contributed by atoms with Crippen LogP contribution in [0.2, 0.25) is 0 Å². The third-order valence-corrected chi connectivity index (χ3v) is 6.80. The second-order valence-corrected chi connectivity index (χ2v) is 8.73. The van der Waals surface area contributed by atoms with Gasteiger partial charge < -0.3 is 26.2 Å². The van der Waals surface area contributed by atoms with E-state index < -0.39 is 58.0 Å². The quantitative estimate of drug-likeness (QED) is 0.420. The Morgan fingerprint density at radius 2 is 1.84 bits per heavy atom. The molecule has 31 heavy (non-hydrogen) atoms. The molecule has 1 unspecified atom stereocenters. The van der Waals surface area contributed by atoms with Gasteiger partial charge in [-0.3, -0.25) is 19.3 Å². The third kappa shape index (κ3) is 2.60. The number of aromatic hydroxyl groups is 1. The summed E-state index contributed by atoms with van der Waals surface area (Å²) in [6, 6.07) is 2.37. The highest BCUT2D eigenvalue weighted by Gasteiger charge is 2.64. The number of aryl methyl sites for hydroxylation is 1. The van der Waals surface area contributed by atoms with Crippen molar-refractivity contribution in [3.05, 3.63) is 45.7 Å². The number of aliphatic hydroxyl groups excluding tert-OH is 2. The molecule has 9 nitrogen and oxygen atoms in total. The van der Waals surface area contributed by atoms with Crippen LogP contribution in [-0.2, 0) is 20.8 Å². The summed E-state index contributed by atoms with van der Waals surface area (Å²) in [5.41, 5.74) is 2.95. The second-order valence-electron chi connectivity index (χ2n) is 8.73. The summed E-state index contributed by atoms with van der Waals surface area (Å²) in [7, 11) is 3.13. The minimum absolute atomic E-state index is 0.0837. The van der Waals surface area contributed by atoms with Gasteiger partial charge in [-0.1, -0.05) is 12.1 Å². The SMILES string of the molecule is Cc1ccc2c(c1O)C(O)=C1C(=O)[C@]3(O)C(O)=C(C(N)=O)C(=O)C(N(C)C)[C@@H]3C[C@@H]1C2. The Kier molecular flexibility index (Phi) is 4.53. The van der Waals surface area contributed by atoms with E-state index in [0.29, 0.717) is 17.5 Å². The number of phenolic OH excluding ortho intramolecular Hbond substituents is 1. The van der Waals surface area contributed by atoms with Gasteiger partial charge in [0, 0.05) is 11.5 Å². The van der Waals surface area contributed by atoms with Gasteiger partial charge in [-0.25, -0.2) is 0 Å². The van der Waals surface area contributed by atoms with Crippen LogP contribution >= 0.6 is 0 Å². The number of likely N-dealkylation sites (N-methyl/N-ethyl adjacent to an activating group) is 1. The number of aliphatic hydroxyl groups is 3. The number of benzene rings is 1. The third-order valence-electron chi connectivity index (χ3n) is 6.80. The molecule has 3 aliphatic carbocycles. The van der Waals surface area contributed by atoms with Crippen LogP contribution in [-0.4, -0.2) is 68.5 Å². The first-order chi connectivity index (χ1) is 14.4. The maximum Gasteiger partial charge on any atom is 0.255 e. The van der Waals surface area contributed by atoms with Crippen LogP contribution < -0.4 is 5.73 Å². The lowest BCUT2D eigenvalue weighted by molar-refractivity contribution is -0.153. The second kappa shape index (κ2) is 6.66. The molecule has 1 aromatic carbocycles. The highest BCUT2D eigenvalue weighted by molar-refractivity contribution is 6.24. The molecule has 9 heteroatoms. The van der Waals surface area contributed by atoms with Crippen molar-refractivity contribution in [2.24, 2.45) is 17.6 Å². The molecule has 0 aliphatic heterocycles. The standard InChI is InChI=1S/C22H24N2O7/c1-8-4-5-9-6-10-7-11-15(24(2)3)18(27)14(21(23)30)20(29)22(11,31)19(28)13(10)17(26)12(9)16(8)25/h4-5,10-11,15,25-26,29,31H,6-7H2,1-3H3,(H2,23,30)/t10-,11-,15?,22-/m0/s1. The molecule has 164 valence electrons. The first kappa shape index (κ1) is 21.1. The van der Waals surface area contributed by atoms with Crippen molar-refractivity contribution in [3.8, 4) is 5.75 Å². The molecule has 1 aromatic rings. The van der Waals surface area contributed by atoms with Gasteiger partial charge >= 0.3 is 0 Å². The number of carbonyl (C=O) groups is 3. The molecule has 1 saturated carbocycles. The van der Waals surface area contributed by atoms with Crippen LogP contribution in [0.1, 0.15) is 23.1 Å². The van der Waals surface area contributed by atoms with Crippen molar-refractivity contribution in [1.29, 1.82) is 0 Å². The fraction of sp³-hybridized carbons (Fsp3) is 0.409. The van der Waals surface area contributed by atoms with Gasteiger partial charge in [0.1, 0.15) is 22.8 Å². The van der Waals surface area contributed by atoms with Gasteiger partial charge in [0.15, 0.2) is 11.4 Å². The Bertz CT molecular complexity index is 1120. The molecule has 0 bridgehead atoms. The number of rotatable bonds is 2. The Hall–Kier alpha value is -3.17. The summed E-state index contributed by atoms with van der Waals surface area (Å²) < 4.78 is 0. The molecule has 1 amide bonds. The lowest BCUT2D eigenvalue weighted by Crippen LogP contribution is -2.65. The van der Waals surface area contributed by atoms with E-state index in [9.17, 15) is 34.8 Å². The molecule has 0 spiro atoms. The molecular weight excluding hydrogens is 404 g/mol. The number of hydrogen-bond acceptors (Lipinski definition) is 8. The molecule has 3 aliphatic rings. The normalized spacial score (nSPS) is 30.3. The van der Waals surface area contributed by atoms with Crippen molar-refractivity contribution < 1.29 is 34.8 Å². The van der Waals surface area contributed by atoms with Crippen molar-refractivity contribution in [3.63, 3.8) is 0 Å². The van der Waals surface area contributed by atoms with E-state index in [1.807, 2.05) is 0 Å². The van der Waals surface area contributed by atoms with Crippen LogP contribution in [0.15, 0.2) is 29.0 Å². The fourth-order valence-electron chi connectivity index (χ4n) is 5.32. The van der Waals surface area contributed by atoms with E-state index in [1.54, 1.807) is 33.2 Å². The molecule has 4 rings (SSSR count). The fourth-order valence-corrected chi connectivity index (χ4v) is 5.32. The van der Waals surface area contributed by atoms with Crippen LogP contribution in [0, 0.1) is 18.8 Å². The summed E-state index contributed by atoms with van der Waals surface area (Å²) in [5.74, 6) is -6.38. The zero-order chi connectivity index (χ0) is 23.0. The molecule has 0 radical (unpaired) electrons. The first-order valence-electron chi connectivity index (χ1n) is 9.89. The highest BCUT2D eigenvalue weighted by Crippen LogP contribution is 2.52. The Balaban J connectivity index is 1.98. The van der Waals surface area contributed by atoms with E-state index in [1.165, 1.54) is 4.90 Å².